The van der Waals surface area contributed by atoms with Crippen molar-refractivity contribution in [1.29, 1.82) is 0 Å². The summed E-state index contributed by atoms with van der Waals surface area (Å²) < 4.78 is 5.16. The lowest BCUT2D eigenvalue weighted by Gasteiger charge is -2.49. The summed E-state index contributed by atoms with van der Waals surface area (Å²) in [5.41, 5.74) is -1.06. The van der Waals surface area contributed by atoms with Gasteiger partial charge in [0.2, 0.25) is 0 Å². The van der Waals surface area contributed by atoms with E-state index in [1.807, 2.05) is 0 Å². The van der Waals surface area contributed by atoms with E-state index in [9.17, 15) is 35.7 Å². The normalized spacial score (nSPS) is 24.6. The van der Waals surface area contributed by atoms with Crippen LogP contribution in [0.1, 0.15) is 11.1 Å². The Morgan fingerprint density at radius 3 is 2.00 bits per heavy atom. The van der Waals surface area contributed by atoms with E-state index in [4.69, 9.17) is 4.74 Å². The van der Waals surface area contributed by atoms with Gasteiger partial charge in [0, 0.05) is 5.56 Å². The molecule has 0 aromatic heterocycles. The van der Waals surface area contributed by atoms with Crippen LogP contribution in [0, 0.1) is 0 Å². The van der Waals surface area contributed by atoms with E-state index in [2.05, 4.69) is 0 Å². The van der Waals surface area contributed by atoms with Gasteiger partial charge in [0.25, 0.3) is 17.4 Å². The Morgan fingerprint density at radius 1 is 0.783 bits per heavy atom. The third-order valence-corrected chi connectivity index (χ3v) is 3.85. The molecule has 1 aliphatic rings. The molecule has 0 radical (unpaired) electrons. The predicted molar refractivity (Wildman–Crippen MR) is 74.0 cm³/mol. The fourth-order valence-electron chi connectivity index (χ4n) is 2.55. The Balaban J connectivity index is 2.30. The van der Waals surface area contributed by atoms with Crippen LogP contribution >= 0.6 is 0 Å². The van der Waals surface area contributed by atoms with Gasteiger partial charge in [0.1, 0.15) is 11.3 Å². The first-order valence-corrected chi connectivity index (χ1v) is 6.54. The number of rotatable bonds is 1. The second-order valence-electron chi connectivity index (χ2n) is 5.26. The Bertz CT molecular complexity index is 756. The molecule has 7 N–H and O–H groups in total. The van der Waals surface area contributed by atoms with E-state index in [1.165, 1.54) is 24.3 Å². The SMILES string of the molecule is Oc1ccc2c(c1O)C(O)(O)C(O)(O)[C@@](O)(c1ccccc1)O2. The van der Waals surface area contributed by atoms with Crippen LogP contribution in [-0.4, -0.2) is 41.5 Å². The zero-order valence-electron chi connectivity index (χ0n) is 11.6. The van der Waals surface area contributed by atoms with Crippen molar-refractivity contribution in [2.75, 3.05) is 0 Å². The van der Waals surface area contributed by atoms with E-state index < -0.39 is 40.2 Å². The summed E-state index contributed by atoms with van der Waals surface area (Å²) in [6.07, 6.45) is 0. The highest BCUT2D eigenvalue weighted by Gasteiger charge is 2.70. The molecule has 0 bridgehead atoms. The van der Waals surface area contributed by atoms with Crippen molar-refractivity contribution in [2.45, 2.75) is 17.4 Å². The number of fused-ring (bicyclic) bond motifs is 1. The minimum atomic E-state index is -3.67. The molecular formula is C15H14O8. The van der Waals surface area contributed by atoms with Gasteiger partial charge >= 0.3 is 0 Å². The van der Waals surface area contributed by atoms with Crippen LogP contribution in [0.4, 0.5) is 0 Å². The summed E-state index contributed by atoms with van der Waals surface area (Å²) in [6, 6.07) is 9.10. The Labute approximate surface area is 129 Å². The third kappa shape index (κ3) is 1.84. The smallest absolute Gasteiger partial charge is 0.296 e. The molecule has 1 aliphatic heterocycles. The zero-order valence-corrected chi connectivity index (χ0v) is 11.6. The molecule has 0 amide bonds. The van der Waals surface area contributed by atoms with E-state index in [0.29, 0.717) is 0 Å². The van der Waals surface area contributed by atoms with Crippen molar-refractivity contribution in [3.8, 4) is 17.2 Å². The van der Waals surface area contributed by atoms with E-state index in [0.717, 1.165) is 12.1 Å². The van der Waals surface area contributed by atoms with Gasteiger partial charge in [-0.2, -0.15) is 0 Å². The van der Waals surface area contributed by atoms with E-state index in [1.54, 1.807) is 6.07 Å². The van der Waals surface area contributed by atoms with Gasteiger partial charge < -0.3 is 40.5 Å². The van der Waals surface area contributed by atoms with Crippen molar-refractivity contribution in [3.05, 3.63) is 53.6 Å². The average molecular weight is 322 g/mol. The molecule has 3 rings (SSSR count). The van der Waals surface area contributed by atoms with Crippen molar-refractivity contribution in [2.24, 2.45) is 0 Å². The second-order valence-corrected chi connectivity index (χ2v) is 5.26. The Kier molecular flexibility index (Phi) is 3.09. The average Bonchev–Trinajstić information content (AvgIpc) is 2.50. The number of phenols is 2. The number of phenolic OH excluding ortho intramolecular Hbond substituents is 2. The summed E-state index contributed by atoms with van der Waals surface area (Å²) in [5, 5.41) is 70.7. The quantitative estimate of drug-likeness (QED) is 0.265. The molecule has 23 heavy (non-hydrogen) atoms. The van der Waals surface area contributed by atoms with Gasteiger partial charge in [-0.3, -0.25) is 0 Å². The molecule has 8 heteroatoms. The largest absolute Gasteiger partial charge is 0.504 e. The summed E-state index contributed by atoms with van der Waals surface area (Å²) in [5.74, 6) is -12.4. The Hall–Kier alpha value is -2.36. The maximum absolute atomic E-state index is 10.6. The van der Waals surface area contributed by atoms with Crippen LogP contribution in [0.15, 0.2) is 42.5 Å². The first kappa shape index (κ1) is 15.5. The lowest BCUT2D eigenvalue weighted by Crippen LogP contribution is -2.69. The zero-order chi connectivity index (χ0) is 17.0. The van der Waals surface area contributed by atoms with Crippen molar-refractivity contribution in [3.63, 3.8) is 0 Å². The fourth-order valence-corrected chi connectivity index (χ4v) is 2.55. The molecule has 0 fully saturated rings. The van der Waals surface area contributed by atoms with Crippen LogP contribution in [-0.2, 0) is 11.6 Å². The maximum Gasteiger partial charge on any atom is 0.296 e. The molecule has 1 heterocycles. The third-order valence-electron chi connectivity index (χ3n) is 3.85. The minimum absolute atomic E-state index is 0.171. The summed E-state index contributed by atoms with van der Waals surface area (Å²) >= 11 is 0. The van der Waals surface area contributed by atoms with Crippen molar-refractivity contribution < 1.29 is 40.5 Å². The summed E-state index contributed by atoms with van der Waals surface area (Å²) in [7, 11) is 0. The highest BCUT2D eigenvalue weighted by Crippen LogP contribution is 2.54. The van der Waals surface area contributed by atoms with Crippen LogP contribution < -0.4 is 4.74 Å². The molecular weight excluding hydrogens is 308 g/mol. The predicted octanol–water partition coefficient (Wildman–Crippen LogP) is -0.846. The van der Waals surface area contributed by atoms with Crippen molar-refractivity contribution >= 4 is 0 Å². The molecule has 0 unspecified atom stereocenters. The molecule has 2 aromatic rings. The lowest BCUT2D eigenvalue weighted by atomic mass is 9.82. The van der Waals surface area contributed by atoms with E-state index >= 15 is 0 Å². The monoisotopic (exact) mass is 322 g/mol. The van der Waals surface area contributed by atoms with Gasteiger partial charge in [-0.1, -0.05) is 30.3 Å². The highest BCUT2D eigenvalue weighted by atomic mass is 16.7. The van der Waals surface area contributed by atoms with Gasteiger partial charge in [-0.05, 0) is 12.1 Å². The van der Waals surface area contributed by atoms with Gasteiger partial charge in [0.05, 0.1) is 0 Å². The topological polar surface area (TPSA) is 151 Å². The maximum atomic E-state index is 10.6. The van der Waals surface area contributed by atoms with Crippen LogP contribution in [0.3, 0.4) is 0 Å². The summed E-state index contributed by atoms with van der Waals surface area (Å²) in [6.45, 7) is 0. The van der Waals surface area contributed by atoms with Gasteiger partial charge in [0.15, 0.2) is 11.5 Å². The number of aromatic hydroxyl groups is 2. The number of aliphatic hydroxyl groups is 5. The number of hydrogen-bond donors (Lipinski definition) is 7. The second kappa shape index (κ2) is 4.57. The van der Waals surface area contributed by atoms with E-state index in [-0.39, 0.29) is 5.56 Å². The molecule has 122 valence electrons. The number of hydrogen-bond acceptors (Lipinski definition) is 8. The molecule has 0 aliphatic carbocycles. The minimum Gasteiger partial charge on any atom is -0.504 e. The van der Waals surface area contributed by atoms with Crippen LogP contribution in [0.25, 0.3) is 0 Å². The highest BCUT2D eigenvalue weighted by molar-refractivity contribution is 5.57. The molecule has 8 nitrogen and oxygen atoms in total. The Morgan fingerprint density at radius 2 is 1.39 bits per heavy atom. The molecule has 0 saturated heterocycles. The van der Waals surface area contributed by atoms with Crippen LogP contribution in [0.2, 0.25) is 0 Å². The van der Waals surface area contributed by atoms with Gasteiger partial charge in [-0.15, -0.1) is 0 Å². The van der Waals surface area contributed by atoms with Crippen LogP contribution in [0.5, 0.6) is 17.2 Å². The first-order chi connectivity index (χ1) is 10.6. The number of ether oxygens (including phenoxy) is 1. The molecule has 1 atom stereocenters. The summed E-state index contributed by atoms with van der Waals surface area (Å²) in [4.78, 5) is 0. The molecule has 0 spiro atoms. The fraction of sp³-hybridized carbons (Fsp3) is 0.200. The number of benzene rings is 2. The standard InChI is InChI=1S/C15H14O8/c16-9-6-7-10-11(12(9)17)13(18,19)15(21,22)14(20,23-10)8-4-2-1-3-5-8/h1-7,16-22H/t14-/m1/s1. The first-order valence-electron chi connectivity index (χ1n) is 6.54. The van der Waals surface area contributed by atoms with Crippen molar-refractivity contribution in [1.82, 2.24) is 0 Å². The van der Waals surface area contributed by atoms with Gasteiger partial charge in [-0.25, -0.2) is 0 Å². The lowest BCUT2D eigenvalue weighted by molar-refractivity contribution is -0.468. The molecule has 2 aromatic carbocycles. The molecule has 0 saturated carbocycles.